The molecule has 6 heteroatoms. The molecule has 1 aromatic carbocycles. The zero-order valence-corrected chi connectivity index (χ0v) is 11.3. The van der Waals surface area contributed by atoms with E-state index >= 15 is 0 Å². The van der Waals surface area contributed by atoms with Gasteiger partial charge in [0.15, 0.2) is 0 Å². The molecule has 2 rings (SSSR count). The molecule has 0 aliphatic heterocycles. The van der Waals surface area contributed by atoms with Gasteiger partial charge in [-0.25, -0.2) is 8.78 Å². The number of benzene rings is 1. The van der Waals surface area contributed by atoms with E-state index < -0.39 is 17.7 Å². The molecule has 0 saturated heterocycles. The van der Waals surface area contributed by atoms with Crippen LogP contribution in [0, 0.1) is 11.6 Å². The topological polar surface area (TPSA) is 50.1 Å². The van der Waals surface area contributed by atoms with E-state index in [4.69, 9.17) is 0 Å². The highest BCUT2D eigenvalue weighted by molar-refractivity contribution is 5.22. The third-order valence-corrected chi connectivity index (χ3v) is 3.18. The van der Waals surface area contributed by atoms with Crippen molar-refractivity contribution in [3.8, 4) is 0 Å². The van der Waals surface area contributed by atoms with Gasteiger partial charge in [-0.3, -0.25) is 4.68 Å². The van der Waals surface area contributed by atoms with E-state index in [0.717, 1.165) is 17.7 Å². The fourth-order valence-corrected chi connectivity index (χ4v) is 2.00. The lowest BCUT2D eigenvalue weighted by Gasteiger charge is -2.17. The molecule has 20 heavy (non-hydrogen) atoms. The van der Waals surface area contributed by atoms with Crippen LogP contribution in [-0.2, 0) is 7.05 Å². The van der Waals surface area contributed by atoms with Crippen LogP contribution in [0.15, 0.2) is 30.6 Å². The summed E-state index contributed by atoms with van der Waals surface area (Å²) in [4.78, 5) is 0. The minimum atomic E-state index is -1.24. The highest BCUT2D eigenvalue weighted by Gasteiger charge is 2.18. The smallest absolute Gasteiger partial charge is 0.131 e. The first-order valence-corrected chi connectivity index (χ1v) is 6.33. The van der Waals surface area contributed by atoms with E-state index in [1.54, 1.807) is 17.9 Å². The Kier molecular flexibility index (Phi) is 4.46. The summed E-state index contributed by atoms with van der Waals surface area (Å²) >= 11 is 0. The van der Waals surface area contributed by atoms with Crippen molar-refractivity contribution < 1.29 is 13.9 Å². The number of nitrogens with zero attached hydrogens (tertiary/aromatic N) is 2. The number of nitrogens with one attached hydrogen (secondary N) is 1. The monoisotopic (exact) mass is 281 g/mol. The Morgan fingerprint density at radius 3 is 2.55 bits per heavy atom. The maximum absolute atomic E-state index is 13.5. The summed E-state index contributed by atoms with van der Waals surface area (Å²) in [5.41, 5.74) is 0.632. The summed E-state index contributed by atoms with van der Waals surface area (Å²) in [5, 5.41) is 17.0. The lowest BCUT2D eigenvalue weighted by Crippen LogP contribution is -2.25. The van der Waals surface area contributed by atoms with Gasteiger partial charge >= 0.3 is 0 Å². The number of hydrogen-bond donors (Lipinski definition) is 2. The molecule has 0 aliphatic carbocycles. The van der Waals surface area contributed by atoms with Gasteiger partial charge in [0.2, 0.25) is 0 Å². The van der Waals surface area contributed by atoms with E-state index in [2.05, 4.69) is 10.4 Å². The van der Waals surface area contributed by atoms with E-state index in [1.165, 1.54) is 6.07 Å². The van der Waals surface area contributed by atoms with Crippen molar-refractivity contribution in [1.29, 1.82) is 0 Å². The van der Waals surface area contributed by atoms with Gasteiger partial charge in [0, 0.05) is 31.4 Å². The van der Waals surface area contributed by atoms with Crippen LogP contribution < -0.4 is 5.32 Å². The van der Waals surface area contributed by atoms with Gasteiger partial charge in [-0.1, -0.05) is 6.07 Å². The SMILES string of the molecule is CC(NCC(O)c1c(F)cccc1F)c1cnn(C)c1. The van der Waals surface area contributed by atoms with Gasteiger partial charge in [0.05, 0.1) is 17.9 Å². The standard InChI is InChI=1S/C14H17F2N3O/c1-9(10-6-18-19(2)8-10)17-7-13(20)14-11(15)4-3-5-12(14)16/h3-6,8-9,13,17,20H,7H2,1-2H3. The Morgan fingerprint density at radius 2 is 2.00 bits per heavy atom. The van der Waals surface area contributed by atoms with Crippen LogP contribution in [0.1, 0.15) is 30.2 Å². The molecule has 4 nitrogen and oxygen atoms in total. The molecule has 0 radical (unpaired) electrons. The molecule has 2 aromatic rings. The number of hydrogen-bond acceptors (Lipinski definition) is 3. The first kappa shape index (κ1) is 14.6. The molecule has 108 valence electrons. The molecular formula is C14H17F2N3O. The molecule has 2 atom stereocenters. The summed E-state index contributed by atoms with van der Waals surface area (Å²) in [5.74, 6) is -1.48. The zero-order chi connectivity index (χ0) is 14.7. The van der Waals surface area contributed by atoms with Crippen molar-refractivity contribution in [2.75, 3.05) is 6.54 Å². The fourth-order valence-electron chi connectivity index (χ4n) is 2.00. The predicted octanol–water partition coefficient (Wildman–Crippen LogP) is 2.08. The van der Waals surface area contributed by atoms with Gasteiger partial charge in [0.25, 0.3) is 0 Å². The van der Waals surface area contributed by atoms with E-state index in [1.807, 2.05) is 13.1 Å². The van der Waals surface area contributed by atoms with Crippen LogP contribution in [0.2, 0.25) is 0 Å². The Balaban J connectivity index is 2.00. The minimum absolute atomic E-state index is 0.0495. The first-order chi connectivity index (χ1) is 9.49. The summed E-state index contributed by atoms with van der Waals surface area (Å²) in [6.45, 7) is 1.94. The van der Waals surface area contributed by atoms with Gasteiger partial charge < -0.3 is 10.4 Å². The van der Waals surface area contributed by atoms with Gasteiger partial charge in [0.1, 0.15) is 11.6 Å². The first-order valence-electron chi connectivity index (χ1n) is 6.33. The molecular weight excluding hydrogens is 264 g/mol. The highest BCUT2D eigenvalue weighted by atomic mass is 19.1. The number of halogens is 2. The van der Waals surface area contributed by atoms with Crippen LogP contribution in [0.25, 0.3) is 0 Å². The second-order valence-electron chi connectivity index (χ2n) is 4.73. The van der Waals surface area contributed by atoms with Crippen molar-refractivity contribution >= 4 is 0 Å². The number of aromatic nitrogens is 2. The average Bonchev–Trinajstić information content (AvgIpc) is 2.82. The number of rotatable bonds is 5. The van der Waals surface area contributed by atoms with E-state index in [-0.39, 0.29) is 18.2 Å². The average molecular weight is 281 g/mol. The molecule has 2 unspecified atom stereocenters. The van der Waals surface area contributed by atoms with Gasteiger partial charge in [-0.15, -0.1) is 0 Å². The van der Waals surface area contributed by atoms with E-state index in [0.29, 0.717) is 0 Å². The molecule has 0 fully saturated rings. The molecule has 1 heterocycles. The van der Waals surface area contributed by atoms with Crippen LogP contribution in [0.3, 0.4) is 0 Å². The molecule has 0 amide bonds. The Hall–Kier alpha value is -1.79. The predicted molar refractivity (Wildman–Crippen MR) is 70.9 cm³/mol. The summed E-state index contributed by atoms with van der Waals surface area (Å²) < 4.78 is 28.7. The van der Waals surface area contributed by atoms with Crippen LogP contribution in [0.4, 0.5) is 8.78 Å². The maximum atomic E-state index is 13.5. The van der Waals surface area contributed by atoms with Crippen molar-refractivity contribution in [3.63, 3.8) is 0 Å². The largest absolute Gasteiger partial charge is 0.387 e. The van der Waals surface area contributed by atoms with Crippen molar-refractivity contribution in [1.82, 2.24) is 15.1 Å². The van der Waals surface area contributed by atoms with E-state index in [9.17, 15) is 13.9 Å². The number of aliphatic hydroxyl groups excluding tert-OH is 1. The lowest BCUT2D eigenvalue weighted by molar-refractivity contribution is 0.161. The minimum Gasteiger partial charge on any atom is -0.387 e. The molecule has 1 aromatic heterocycles. The molecule has 2 N–H and O–H groups in total. The molecule has 0 bridgehead atoms. The van der Waals surface area contributed by atoms with Crippen LogP contribution in [0.5, 0.6) is 0 Å². The van der Waals surface area contributed by atoms with Gasteiger partial charge in [-0.05, 0) is 19.1 Å². The highest BCUT2D eigenvalue weighted by Crippen LogP contribution is 2.21. The van der Waals surface area contributed by atoms with Gasteiger partial charge in [-0.2, -0.15) is 5.10 Å². The summed E-state index contributed by atoms with van der Waals surface area (Å²) in [6.07, 6.45) is 2.30. The number of aryl methyl sites for hydroxylation is 1. The second-order valence-corrected chi connectivity index (χ2v) is 4.73. The fraction of sp³-hybridized carbons (Fsp3) is 0.357. The van der Waals surface area contributed by atoms with Crippen molar-refractivity contribution in [2.45, 2.75) is 19.1 Å². The normalized spacial score (nSPS) is 14.2. The lowest BCUT2D eigenvalue weighted by atomic mass is 10.1. The Bertz CT molecular complexity index is 565. The molecule has 0 aliphatic rings. The van der Waals surface area contributed by atoms with Crippen LogP contribution >= 0.6 is 0 Å². The molecule has 0 saturated carbocycles. The third-order valence-electron chi connectivity index (χ3n) is 3.18. The number of aliphatic hydroxyl groups is 1. The summed E-state index contributed by atoms with van der Waals surface area (Å²) in [7, 11) is 1.81. The van der Waals surface area contributed by atoms with Crippen molar-refractivity contribution in [3.05, 3.63) is 53.4 Å². The molecule has 0 spiro atoms. The quantitative estimate of drug-likeness (QED) is 0.882. The van der Waals surface area contributed by atoms with Crippen molar-refractivity contribution in [2.24, 2.45) is 7.05 Å². The second kappa shape index (κ2) is 6.11. The maximum Gasteiger partial charge on any atom is 0.131 e. The Labute approximate surface area is 116 Å². The zero-order valence-electron chi connectivity index (χ0n) is 11.3. The van der Waals surface area contributed by atoms with Crippen LogP contribution in [-0.4, -0.2) is 21.4 Å². The third kappa shape index (κ3) is 3.20. The summed E-state index contributed by atoms with van der Waals surface area (Å²) in [6, 6.07) is 3.46. The Morgan fingerprint density at radius 1 is 1.35 bits per heavy atom.